The second kappa shape index (κ2) is 34.5. The number of ether oxygens (including phenoxy) is 1. The van der Waals surface area contributed by atoms with Crippen LogP contribution in [-0.4, -0.2) is 123 Å². The number of anilines is 1. The molecule has 75 heavy (non-hydrogen) atoms. The lowest BCUT2D eigenvalue weighted by Gasteiger charge is -2.30. The van der Waals surface area contributed by atoms with E-state index in [9.17, 15) is 57.9 Å². The van der Waals surface area contributed by atoms with Crippen molar-refractivity contribution in [2.75, 3.05) is 37.8 Å². The van der Waals surface area contributed by atoms with E-state index in [0.717, 1.165) is 54.2 Å². The molecule has 1 fully saturated rings. The first-order chi connectivity index (χ1) is 35.4. The number of nitrogens with zero attached hydrogens (tertiary/aromatic N) is 4. The van der Waals surface area contributed by atoms with E-state index in [4.69, 9.17) is 19.5 Å². The fraction of sp³-hybridized carbons (Fsp3) is 0.830. The highest BCUT2D eigenvalue weighted by Crippen LogP contribution is 2.61. The van der Waals surface area contributed by atoms with Crippen molar-refractivity contribution in [2.24, 2.45) is 11.3 Å². The molecule has 1 aliphatic heterocycles. The molecule has 2 aromatic heterocycles. The summed E-state index contributed by atoms with van der Waals surface area (Å²) in [6, 6.07) is 0. The fourth-order valence-electron chi connectivity index (χ4n) is 8.49. The predicted molar refractivity (Wildman–Crippen MR) is 284 cm³/mol. The van der Waals surface area contributed by atoms with Crippen LogP contribution in [0.3, 0.4) is 0 Å². The average Bonchev–Trinajstić information content (AvgIpc) is 3.90. The van der Waals surface area contributed by atoms with Crippen molar-refractivity contribution < 1.29 is 80.5 Å². The number of nitrogens with two attached hydrogens (primary N) is 1. The number of aliphatic hydroxyl groups is 2. The molecule has 0 saturated carbocycles. The highest BCUT2D eigenvalue weighted by molar-refractivity contribution is 8.13. The number of phosphoric acid groups is 3. The van der Waals surface area contributed by atoms with E-state index >= 15 is 0 Å². The maximum absolute atomic E-state index is 12.8. The van der Waals surface area contributed by atoms with E-state index in [2.05, 4.69) is 48.3 Å². The monoisotopic (exact) mass is 1150 g/mol. The summed E-state index contributed by atoms with van der Waals surface area (Å²) in [4.78, 5) is 88.7. The zero-order chi connectivity index (χ0) is 55.5. The summed E-state index contributed by atoms with van der Waals surface area (Å²) in [6.45, 7) is 5.24. The summed E-state index contributed by atoms with van der Waals surface area (Å²) in [5, 5.41) is 26.8. The highest BCUT2D eigenvalue weighted by atomic mass is 32.2. The molecule has 0 radical (unpaired) electrons. The van der Waals surface area contributed by atoms with Gasteiger partial charge in [0.1, 0.15) is 36.3 Å². The molecule has 3 rings (SSSR count). The molecule has 3 heterocycles. The zero-order valence-corrected chi connectivity index (χ0v) is 47.7. The second-order valence-electron chi connectivity index (χ2n) is 20.1. The number of imidazole rings is 1. The third-order valence-electron chi connectivity index (χ3n) is 12.9. The Kier molecular flexibility index (Phi) is 30.8. The van der Waals surface area contributed by atoms with Crippen LogP contribution in [0, 0.1) is 11.3 Å². The van der Waals surface area contributed by atoms with Gasteiger partial charge >= 0.3 is 23.5 Å². The lowest BCUT2D eigenvalue weighted by atomic mass is 9.87. The number of hydrogen-bond donors (Lipinski definition) is 9. The van der Waals surface area contributed by atoms with Crippen LogP contribution in [0.2, 0.25) is 0 Å². The van der Waals surface area contributed by atoms with Gasteiger partial charge in [0.25, 0.3) is 0 Å². The van der Waals surface area contributed by atoms with Crippen LogP contribution < -0.4 is 16.4 Å². The molecule has 1 aliphatic rings. The maximum Gasteiger partial charge on any atom is 0.481 e. The van der Waals surface area contributed by atoms with E-state index in [1.807, 2.05) is 0 Å². The molecular formula is C47H86N7O17P3S. The van der Waals surface area contributed by atoms with Crippen molar-refractivity contribution in [3.63, 3.8) is 0 Å². The molecule has 2 amide bonds. The van der Waals surface area contributed by atoms with Gasteiger partial charge in [-0.2, -0.15) is 4.31 Å². The SMILES string of the molecule is CCCCCCCCCCCCCCCC(C)CCCCCCCCC(=O)SCCNC(=O)CCNC(=O)C(O)C(C)(C)COP(=O)(O)OP(=O)(O)OCC1OC(n2cnc3c(N)ncnc32)C(O)C1OP(=O)(O)O. The molecule has 0 bridgehead atoms. The van der Waals surface area contributed by atoms with Gasteiger partial charge in [0, 0.05) is 37.1 Å². The van der Waals surface area contributed by atoms with Crippen LogP contribution >= 0.6 is 35.2 Å². The van der Waals surface area contributed by atoms with Crippen LogP contribution in [-0.2, 0) is 50.7 Å². The Balaban J connectivity index is 1.22. The zero-order valence-electron chi connectivity index (χ0n) is 44.2. The number of aliphatic hydroxyl groups excluding tert-OH is 2. The van der Waals surface area contributed by atoms with Gasteiger partial charge in [-0.15, -0.1) is 0 Å². The molecule has 0 aromatic carbocycles. The van der Waals surface area contributed by atoms with E-state index < -0.39 is 84.6 Å². The van der Waals surface area contributed by atoms with Crippen molar-refractivity contribution >= 4 is 69.1 Å². The number of carbonyl (C=O) groups excluding carboxylic acids is 3. The molecule has 432 valence electrons. The number of amides is 2. The number of phosphoric ester groups is 3. The van der Waals surface area contributed by atoms with Gasteiger partial charge < -0.3 is 50.9 Å². The topological polar surface area (TPSA) is 364 Å². The van der Waals surface area contributed by atoms with Crippen molar-refractivity contribution in [1.29, 1.82) is 0 Å². The van der Waals surface area contributed by atoms with Gasteiger partial charge in [0.2, 0.25) is 11.8 Å². The number of unbranched alkanes of at least 4 members (excludes halogenated alkanes) is 17. The lowest BCUT2D eigenvalue weighted by Crippen LogP contribution is -2.46. The van der Waals surface area contributed by atoms with Crippen LogP contribution in [0.25, 0.3) is 11.2 Å². The molecule has 0 aliphatic carbocycles. The first kappa shape index (κ1) is 66.8. The standard InChI is InChI=1S/C47H86N7O17P3S/c1-5-6-7-8-9-10-11-12-13-14-15-18-21-24-35(2)25-22-19-16-17-20-23-26-38(56)75-30-29-49-37(55)27-28-50-45(59)42(58)47(3,4)32-68-74(65,66)71-73(63,64)67-31-36-41(70-72(60,61)62)40(57)46(69-36)54-34-53-39-43(48)51-33-52-44(39)54/h33-36,40-42,46,57-58H,5-32H2,1-4H3,(H,49,55)(H,50,59)(H,63,64)(H,65,66)(H2,48,51,52)(H2,60,61,62). The van der Waals surface area contributed by atoms with Crippen LogP contribution in [0.4, 0.5) is 5.82 Å². The molecule has 2 aromatic rings. The third-order valence-corrected chi connectivity index (χ3v) is 16.9. The molecule has 1 saturated heterocycles. The smallest absolute Gasteiger partial charge is 0.386 e. The Labute approximate surface area is 446 Å². The summed E-state index contributed by atoms with van der Waals surface area (Å²) in [5.41, 5.74) is 4.30. The summed E-state index contributed by atoms with van der Waals surface area (Å²) in [7, 11) is -16.4. The highest BCUT2D eigenvalue weighted by Gasteiger charge is 2.50. The lowest BCUT2D eigenvalue weighted by molar-refractivity contribution is -0.137. The molecule has 10 N–H and O–H groups in total. The van der Waals surface area contributed by atoms with Gasteiger partial charge in [0.15, 0.2) is 22.8 Å². The van der Waals surface area contributed by atoms with E-state index in [1.165, 1.54) is 129 Å². The van der Waals surface area contributed by atoms with Crippen molar-refractivity contribution in [3.8, 4) is 0 Å². The number of rotatable bonds is 42. The molecule has 8 atom stereocenters. The van der Waals surface area contributed by atoms with Gasteiger partial charge in [0.05, 0.1) is 19.5 Å². The number of thioether (sulfide) groups is 1. The summed E-state index contributed by atoms with van der Waals surface area (Å²) >= 11 is 1.16. The molecule has 24 nitrogen and oxygen atoms in total. The molecular weight excluding hydrogens is 1060 g/mol. The number of nitrogen functional groups attached to an aromatic ring is 1. The maximum atomic E-state index is 12.8. The largest absolute Gasteiger partial charge is 0.481 e. The first-order valence-electron chi connectivity index (χ1n) is 26.5. The summed E-state index contributed by atoms with van der Waals surface area (Å²) in [6.07, 6.45) is 20.9. The Morgan fingerprint density at radius 2 is 1.36 bits per heavy atom. The molecule has 8 unspecified atom stereocenters. The fourth-order valence-corrected chi connectivity index (χ4v) is 12.0. The Hall–Kier alpha value is -2.44. The van der Waals surface area contributed by atoms with E-state index in [0.29, 0.717) is 12.2 Å². The quantitative estimate of drug-likeness (QED) is 0.0225. The summed E-state index contributed by atoms with van der Waals surface area (Å²) in [5.74, 6) is -0.227. The van der Waals surface area contributed by atoms with Gasteiger partial charge in [-0.05, 0) is 12.3 Å². The van der Waals surface area contributed by atoms with Crippen molar-refractivity contribution in [2.45, 2.75) is 206 Å². The predicted octanol–water partition coefficient (Wildman–Crippen LogP) is 7.90. The summed E-state index contributed by atoms with van der Waals surface area (Å²) < 4.78 is 62.6. The minimum absolute atomic E-state index is 0.0345. The first-order valence-corrected chi connectivity index (χ1v) is 32.0. The Morgan fingerprint density at radius 1 is 0.800 bits per heavy atom. The molecule has 28 heteroatoms. The number of aromatic nitrogens is 4. The van der Waals surface area contributed by atoms with Crippen molar-refractivity contribution in [1.82, 2.24) is 30.2 Å². The second-order valence-corrected chi connectivity index (χ2v) is 25.5. The number of nitrogens with one attached hydrogen (secondary N) is 2. The van der Waals surface area contributed by atoms with E-state index in [1.54, 1.807) is 0 Å². The van der Waals surface area contributed by atoms with Crippen LogP contribution in [0.15, 0.2) is 12.7 Å². The number of hydrogen-bond acceptors (Lipinski definition) is 18. The van der Waals surface area contributed by atoms with Gasteiger partial charge in [-0.1, -0.05) is 168 Å². The van der Waals surface area contributed by atoms with E-state index in [-0.39, 0.29) is 41.6 Å². The Morgan fingerprint density at radius 3 is 1.95 bits per heavy atom. The van der Waals surface area contributed by atoms with Crippen LogP contribution in [0.1, 0.15) is 182 Å². The van der Waals surface area contributed by atoms with Crippen LogP contribution in [0.5, 0.6) is 0 Å². The normalized spacial score (nSPS) is 19.7. The van der Waals surface area contributed by atoms with Crippen molar-refractivity contribution in [3.05, 3.63) is 12.7 Å². The third kappa shape index (κ3) is 26.8. The number of carbonyl (C=O) groups is 3. The minimum Gasteiger partial charge on any atom is -0.386 e. The Bertz CT molecular complexity index is 2160. The minimum atomic E-state index is -5.58. The number of fused-ring (bicyclic) bond motifs is 1. The van der Waals surface area contributed by atoms with Gasteiger partial charge in [-0.3, -0.25) is 32.5 Å². The molecule has 0 spiro atoms. The average molecular weight is 1150 g/mol. The van der Waals surface area contributed by atoms with Gasteiger partial charge in [-0.25, -0.2) is 28.6 Å².